The zero-order valence-corrected chi connectivity index (χ0v) is 16.4. The first-order chi connectivity index (χ1) is 13.8. The second-order valence-corrected chi connectivity index (χ2v) is 7.46. The van der Waals surface area contributed by atoms with Crippen molar-refractivity contribution in [3.8, 4) is 0 Å². The summed E-state index contributed by atoms with van der Waals surface area (Å²) in [6.07, 6.45) is 13.1. The SMILES string of the molecule is CCC(C1=CNCc2ccccc21)/C1=C/C(c2ccccc2)=C\CC=CC1N. The summed E-state index contributed by atoms with van der Waals surface area (Å²) in [5.74, 6) is 0.277. The van der Waals surface area contributed by atoms with E-state index >= 15 is 0 Å². The smallest absolute Gasteiger partial charge is 0.0449 e. The van der Waals surface area contributed by atoms with Gasteiger partial charge < -0.3 is 11.1 Å². The minimum atomic E-state index is -0.0765. The normalized spacial score (nSPS) is 23.6. The molecule has 1 aliphatic heterocycles. The van der Waals surface area contributed by atoms with Crippen LogP contribution in [0.3, 0.4) is 0 Å². The number of nitrogens with two attached hydrogens (primary N) is 1. The van der Waals surface area contributed by atoms with Crippen molar-refractivity contribution in [2.45, 2.75) is 32.4 Å². The first-order valence-corrected chi connectivity index (χ1v) is 10.2. The molecule has 0 saturated heterocycles. The Balaban J connectivity index is 1.79. The van der Waals surface area contributed by atoms with Crippen LogP contribution in [0.25, 0.3) is 11.1 Å². The zero-order valence-electron chi connectivity index (χ0n) is 16.4. The molecule has 142 valence electrons. The van der Waals surface area contributed by atoms with Crippen LogP contribution in [-0.4, -0.2) is 6.04 Å². The van der Waals surface area contributed by atoms with Crippen LogP contribution in [0.5, 0.6) is 0 Å². The van der Waals surface area contributed by atoms with Crippen LogP contribution in [0.1, 0.15) is 36.5 Å². The zero-order chi connectivity index (χ0) is 19.3. The molecule has 0 spiro atoms. The van der Waals surface area contributed by atoms with Crippen LogP contribution < -0.4 is 11.1 Å². The number of hydrogen-bond donors (Lipinski definition) is 2. The molecule has 2 heteroatoms. The third kappa shape index (κ3) is 3.74. The highest BCUT2D eigenvalue weighted by Gasteiger charge is 2.26. The van der Waals surface area contributed by atoms with E-state index in [1.165, 1.54) is 33.4 Å². The summed E-state index contributed by atoms with van der Waals surface area (Å²) in [7, 11) is 0. The van der Waals surface area contributed by atoms with Gasteiger partial charge in [-0.15, -0.1) is 0 Å². The highest BCUT2D eigenvalue weighted by molar-refractivity contribution is 5.79. The summed E-state index contributed by atoms with van der Waals surface area (Å²) < 4.78 is 0. The molecule has 2 nitrogen and oxygen atoms in total. The van der Waals surface area contributed by atoms with Gasteiger partial charge in [0.1, 0.15) is 0 Å². The molecule has 1 heterocycles. The summed E-state index contributed by atoms with van der Waals surface area (Å²) in [4.78, 5) is 0. The van der Waals surface area contributed by atoms with E-state index in [-0.39, 0.29) is 12.0 Å². The second kappa shape index (κ2) is 8.45. The van der Waals surface area contributed by atoms with Gasteiger partial charge in [0.05, 0.1) is 0 Å². The Morgan fingerprint density at radius 2 is 1.86 bits per heavy atom. The molecule has 0 saturated carbocycles. The predicted octanol–water partition coefficient (Wildman–Crippen LogP) is 5.45. The third-order valence-electron chi connectivity index (χ3n) is 5.70. The number of allylic oxidation sites excluding steroid dienone is 5. The topological polar surface area (TPSA) is 38.0 Å². The van der Waals surface area contributed by atoms with Gasteiger partial charge in [-0.05, 0) is 46.3 Å². The number of nitrogens with one attached hydrogen (secondary N) is 1. The Kier molecular flexibility index (Phi) is 5.59. The van der Waals surface area contributed by atoms with Gasteiger partial charge >= 0.3 is 0 Å². The monoisotopic (exact) mass is 368 g/mol. The van der Waals surface area contributed by atoms with Crippen molar-refractivity contribution < 1.29 is 0 Å². The van der Waals surface area contributed by atoms with Crippen LogP contribution in [0.4, 0.5) is 0 Å². The fourth-order valence-electron chi connectivity index (χ4n) is 4.26. The van der Waals surface area contributed by atoms with Gasteiger partial charge in [0.15, 0.2) is 0 Å². The van der Waals surface area contributed by atoms with Gasteiger partial charge in [0.2, 0.25) is 0 Å². The lowest BCUT2D eigenvalue weighted by Crippen LogP contribution is -2.28. The average Bonchev–Trinajstić information content (AvgIpc) is 2.74. The molecule has 2 atom stereocenters. The van der Waals surface area contributed by atoms with Crippen molar-refractivity contribution in [1.82, 2.24) is 5.32 Å². The van der Waals surface area contributed by atoms with Crippen molar-refractivity contribution in [2.75, 3.05) is 0 Å². The van der Waals surface area contributed by atoms with Gasteiger partial charge in [-0.2, -0.15) is 0 Å². The van der Waals surface area contributed by atoms with Crippen molar-refractivity contribution in [1.29, 1.82) is 0 Å². The van der Waals surface area contributed by atoms with E-state index in [2.05, 4.69) is 97.3 Å². The van der Waals surface area contributed by atoms with Gasteiger partial charge in [-0.1, -0.05) is 85.8 Å². The third-order valence-corrected chi connectivity index (χ3v) is 5.70. The summed E-state index contributed by atoms with van der Waals surface area (Å²) >= 11 is 0. The molecule has 2 aromatic rings. The molecule has 0 fully saturated rings. The van der Waals surface area contributed by atoms with Crippen LogP contribution >= 0.6 is 0 Å². The van der Waals surface area contributed by atoms with Crippen molar-refractivity contribution in [3.63, 3.8) is 0 Å². The summed E-state index contributed by atoms with van der Waals surface area (Å²) in [5.41, 5.74) is 14.5. The molecule has 0 bridgehead atoms. The molecule has 0 amide bonds. The number of rotatable bonds is 4. The van der Waals surface area contributed by atoms with E-state index in [1.807, 2.05) is 0 Å². The fourth-order valence-corrected chi connectivity index (χ4v) is 4.26. The summed E-state index contributed by atoms with van der Waals surface area (Å²) in [6, 6.07) is 19.2. The quantitative estimate of drug-likeness (QED) is 0.704. The summed E-state index contributed by atoms with van der Waals surface area (Å²) in [6.45, 7) is 3.14. The van der Waals surface area contributed by atoms with E-state index in [9.17, 15) is 0 Å². The van der Waals surface area contributed by atoms with Gasteiger partial charge in [0.25, 0.3) is 0 Å². The Labute approximate surface area is 168 Å². The molecule has 0 radical (unpaired) electrons. The second-order valence-electron chi connectivity index (χ2n) is 7.46. The first-order valence-electron chi connectivity index (χ1n) is 10.2. The molecular formula is C26H28N2. The van der Waals surface area contributed by atoms with E-state index in [0.29, 0.717) is 0 Å². The largest absolute Gasteiger partial charge is 0.387 e. The fraction of sp³-hybridized carbons (Fsp3) is 0.231. The van der Waals surface area contributed by atoms with Crippen LogP contribution in [0, 0.1) is 5.92 Å². The molecule has 0 aromatic heterocycles. The maximum Gasteiger partial charge on any atom is 0.0449 e. The Bertz CT molecular complexity index is 947. The molecule has 2 aliphatic rings. The number of fused-ring (bicyclic) bond motifs is 1. The molecule has 1 aliphatic carbocycles. The maximum absolute atomic E-state index is 6.66. The standard InChI is InChI=1S/C26H28N2/c1-2-22(25-18-28-17-21-13-6-8-14-23(21)25)24-16-20(12-7-9-15-26(24)27)19-10-4-3-5-11-19/h3-6,8-16,18,22,26,28H,2,7,17,27H2,1H3/b15-9?,20-12+,24-16-. The summed E-state index contributed by atoms with van der Waals surface area (Å²) in [5, 5.41) is 3.47. The van der Waals surface area contributed by atoms with E-state index in [4.69, 9.17) is 5.73 Å². The lowest BCUT2D eigenvalue weighted by atomic mass is 9.78. The van der Waals surface area contributed by atoms with E-state index < -0.39 is 0 Å². The van der Waals surface area contributed by atoms with Crippen molar-refractivity contribution >= 4 is 11.1 Å². The maximum atomic E-state index is 6.66. The minimum Gasteiger partial charge on any atom is -0.387 e. The molecular weight excluding hydrogens is 340 g/mol. The molecule has 3 N–H and O–H groups in total. The van der Waals surface area contributed by atoms with Gasteiger partial charge in [-0.25, -0.2) is 0 Å². The Morgan fingerprint density at radius 1 is 1.07 bits per heavy atom. The number of benzene rings is 2. The average molecular weight is 369 g/mol. The molecule has 28 heavy (non-hydrogen) atoms. The predicted molar refractivity (Wildman–Crippen MR) is 119 cm³/mol. The molecule has 2 aromatic carbocycles. The molecule has 4 rings (SSSR count). The number of hydrogen-bond acceptors (Lipinski definition) is 2. The lowest BCUT2D eigenvalue weighted by Gasteiger charge is -2.30. The van der Waals surface area contributed by atoms with Crippen molar-refractivity contribution in [3.05, 3.63) is 107 Å². The van der Waals surface area contributed by atoms with E-state index in [1.54, 1.807) is 0 Å². The minimum absolute atomic E-state index is 0.0765. The Hall–Kier alpha value is -2.84. The van der Waals surface area contributed by atoms with Gasteiger partial charge in [-0.3, -0.25) is 0 Å². The highest BCUT2D eigenvalue weighted by Crippen LogP contribution is 2.38. The first kappa shape index (κ1) is 18.5. The lowest BCUT2D eigenvalue weighted by molar-refractivity contribution is 0.680. The van der Waals surface area contributed by atoms with Gasteiger partial charge in [0, 0.05) is 24.7 Å². The van der Waals surface area contributed by atoms with Crippen LogP contribution in [-0.2, 0) is 6.54 Å². The Morgan fingerprint density at radius 3 is 2.68 bits per heavy atom. The van der Waals surface area contributed by atoms with E-state index in [0.717, 1.165) is 19.4 Å². The van der Waals surface area contributed by atoms with Crippen LogP contribution in [0.15, 0.2) is 90.7 Å². The highest BCUT2D eigenvalue weighted by atomic mass is 14.8. The van der Waals surface area contributed by atoms with Crippen molar-refractivity contribution in [2.24, 2.45) is 11.7 Å². The molecule has 2 unspecified atom stereocenters. The van der Waals surface area contributed by atoms with Crippen LogP contribution in [0.2, 0.25) is 0 Å².